The van der Waals surface area contributed by atoms with Crippen LogP contribution in [0.4, 0.5) is 5.69 Å². The van der Waals surface area contributed by atoms with Gasteiger partial charge in [-0.1, -0.05) is 11.6 Å². The van der Waals surface area contributed by atoms with Gasteiger partial charge in [-0.15, -0.1) is 0 Å². The Balaban J connectivity index is 2.25. The number of Topliss-reactive ketones (excluding diaryl/α,β-unsaturated/α-hetero) is 1. The lowest BCUT2D eigenvalue weighted by atomic mass is 10.0. The maximum atomic E-state index is 11.7. The third-order valence-electron chi connectivity index (χ3n) is 3.00. The topological polar surface area (TPSA) is 60.2 Å². The fourth-order valence-electron chi connectivity index (χ4n) is 1.78. The van der Waals surface area contributed by atoms with E-state index in [2.05, 4.69) is 0 Å². The molecule has 1 fully saturated rings. The summed E-state index contributed by atoms with van der Waals surface area (Å²) in [6.07, 6.45) is 2.27. The molecule has 5 heteroatoms. The number of carbonyl (C=O) groups is 1. The Bertz CT molecular complexity index is 495. The lowest BCUT2D eigenvalue weighted by Crippen LogP contribution is -2.06. The molecular weight excluding hydrogens is 242 g/mol. The van der Waals surface area contributed by atoms with Gasteiger partial charge in [-0.05, 0) is 37.0 Å². The van der Waals surface area contributed by atoms with Crippen LogP contribution in [0, 0.1) is 23.0 Å². The summed E-state index contributed by atoms with van der Waals surface area (Å²) in [7, 11) is 0. The highest BCUT2D eigenvalue weighted by atomic mass is 35.5. The highest BCUT2D eigenvalue weighted by Gasteiger charge is 2.29. The highest BCUT2D eigenvalue weighted by Crippen LogP contribution is 2.33. The summed E-state index contributed by atoms with van der Waals surface area (Å²) in [6, 6.07) is 2.97. The summed E-state index contributed by atoms with van der Waals surface area (Å²) in [5, 5.41) is 10.8. The van der Waals surface area contributed by atoms with E-state index in [0.717, 1.165) is 24.0 Å². The largest absolute Gasteiger partial charge is 0.299 e. The smallest absolute Gasteiger partial charge is 0.288 e. The molecule has 0 unspecified atom stereocenters. The van der Waals surface area contributed by atoms with Gasteiger partial charge in [0.25, 0.3) is 5.69 Å². The zero-order valence-electron chi connectivity index (χ0n) is 9.40. The van der Waals surface area contributed by atoms with Crippen LogP contribution in [0.1, 0.15) is 24.0 Å². The fraction of sp³-hybridized carbons (Fsp3) is 0.417. The second-order valence-electron chi connectivity index (χ2n) is 4.40. The average Bonchev–Trinajstić information content (AvgIpc) is 3.05. The van der Waals surface area contributed by atoms with Crippen LogP contribution in [0.25, 0.3) is 0 Å². The Kier molecular flexibility index (Phi) is 3.15. The van der Waals surface area contributed by atoms with Crippen LogP contribution in [0.5, 0.6) is 0 Å². The lowest BCUT2D eigenvalue weighted by molar-refractivity contribution is -0.384. The summed E-state index contributed by atoms with van der Waals surface area (Å²) in [6.45, 7) is 1.76. The number of rotatable bonds is 4. The highest BCUT2D eigenvalue weighted by molar-refractivity contribution is 6.32. The molecule has 1 aromatic rings. The maximum Gasteiger partial charge on any atom is 0.288 e. The van der Waals surface area contributed by atoms with E-state index < -0.39 is 4.92 Å². The van der Waals surface area contributed by atoms with Crippen molar-refractivity contribution in [2.45, 2.75) is 26.2 Å². The van der Waals surface area contributed by atoms with E-state index in [1.54, 1.807) is 6.92 Å². The van der Waals surface area contributed by atoms with Crippen molar-refractivity contribution in [3.63, 3.8) is 0 Å². The molecule has 0 radical (unpaired) electrons. The predicted molar refractivity (Wildman–Crippen MR) is 64.3 cm³/mol. The molecule has 0 heterocycles. The summed E-state index contributed by atoms with van der Waals surface area (Å²) >= 11 is 5.82. The Morgan fingerprint density at radius 3 is 2.71 bits per heavy atom. The van der Waals surface area contributed by atoms with Crippen LogP contribution in [0.3, 0.4) is 0 Å². The van der Waals surface area contributed by atoms with Crippen molar-refractivity contribution in [2.75, 3.05) is 0 Å². The molecule has 0 atom stereocenters. The monoisotopic (exact) mass is 253 g/mol. The van der Waals surface area contributed by atoms with Crippen molar-refractivity contribution in [1.29, 1.82) is 0 Å². The molecule has 17 heavy (non-hydrogen) atoms. The summed E-state index contributed by atoms with van der Waals surface area (Å²) < 4.78 is 0. The molecule has 1 aliphatic carbocycles. The molecule has 0 saturated heterocycles. The van der Waals surface area contributed by atoms with Gasteiger partial charge in [0.2, 0.25) is 0 Å². The lowest BCUT2D eigenvalue weighted by Gasteiger charge is -2.06. The number of ketones is 1. The van der Waals surface area contributed by atoms with Gasteiger partial charge < -0.3 is 0 Å². The molecule has 0 bridgehead atoms. The maximum absolute atomic E-state index is 11.7. The normalized spacial score (nSPS) is 14.7. The minimum absolute atomic E-state index is 0.0965. The number of nitrogens with zero attached hydrogens (tertiary/aromatic N) is 1. The first-order chi connectivity index (χ1) is 7.99. The molecule has 0 N–H and O–H groups in total. The van der Waals surface area contributed by atoms with Crippen LogP contribution < -0.4 is 0 Å². The van der Waals surface area contributed by atoms with Crippen molar-refractivity contribution in [2.24, 2.45) is 5.92 Å². The van der Waals surface area contributed by atoms with Crippen molar-refractivity contribution in [3.8, 4) is 0 Å². The number of hydrogen-bond donors (Lipinski definition) is 0. The third-order valence-corrected chi connectivity index (χ3v) is 3.30. The van der Waals surface area contributed by atoms with E-state index >= 15 is 0 Å². The Labute approximate surface area is 104 Å². The van der Waals surface area contributed by atoms with Gasteiger partial charge in [0.15, 0.2) is 0 Å². The Morgan fingerprint density at radius 1 is 1.53 bits per heavy atom. The predicted octanol–water partition coefficient (Wildman–Crippen LogP) is 3.08. The molecule has 0 amide bonds. The van der Waals surface area contributed by atoms with Gasteiger partial charge in [-0.25, -0.2) is 0 Å². The fourth-order valence-corrected chi connectivity index (χ4v) is 2.03. The first kappa shape index (κ1) is 12.0. The minimum atomic E-state index is -0.512. The van der Waals surface area contributed by atoms with Gasteiger partial charge in [0.05, 0.1) is 4.92 Å². The second-order valence-corrected chi connectivity index (χ2v) is 4.81. The molecule has 1 aromatic carbocycles. The minimum Gasteiger partial charge on any atom is -0.299 e. The Hall–Kier alpha value is -1.42. The van der Waals surface area contributed by atoms with Crippen LogP contribution in [-0.4, -0.2) is 10.7 Å². The second kappa shape index (κ2) is 4.45. The number of halogens is 1. The first-order valence-electron chi connectivity index (χ1n) is 5.45. The van der Waals surface area contributed by atoms with Crippen molar-refractivity contribution < 1.29 is 9.72 Å². The summed E-state index contributed by atoms with van der Waals surface area (Å²) in [5.74, 6) is 0.404. The third kappa shape index (κ3) is 2.64. The van der Waals surface area contributed by atoms with Gasteiger partial charge in [0.1, 0.15) is 10.8 Å². The van der Waals surface area contributed by atoms with E-state index in [1.807, 2.05) is 0 Å². The van der Waals surface area contributed by atoms with E-state index in [-0.39, 0.29) is 22.4 Å². The van der Waals surface area contributed by atoms with E-state index in [9.17, 15) is 14.9 Å². The zero-order valence-corrected chi connectivity index (χ0v) is 10.2. The molecule has 2 rings (SSSR count). The molecule has 0 aliphatic heterocycles. The van der Waals surface area contributed by atoms with E-state index in [0.29, 0.717) is 6.42 Å². The van der Waals surface area contributed by atoms with Gasteiger partial charge in [-0.2, -0.15) is 0 Å². The molecule has 1 aliphatic rings. The van der Waals surface area contributed by atoms with Gasteiger partial charge in [-0.3, -0.25) is 14.9 Å². The van der Waals surface area contributed by atoms with Crippen molar-refractivity contribution >= 4 is 23.1 Å². The van der Waals surface area contributed by atoms with Crippen LogP contribution in [0.2, 0.25) is 5.02 Å². The molecule has 4 nitrogen and oxygen atoms in total. The number of benzene rings is 1. The molecule has 90 valence electrons. The molecular formula is C12H12ClNO3. The summed E-state index contributed by atoms with van der Waals surface area (Å²) in [5.41, 5.74) is 1.43. The van der Waals surface area contributed by atoms with Crippen LogP contribution in [0.15, 0.2) is 12.1 Å². The summed E-state index contributed by atoms with van der Waals surface area (Å²) in [4.78, 5) is 21.8. The molecule has 0 aromatic heterocycles. The first-order valence-corrected chi connectivity index (χ1v) is 5.83. The number of aryl methyl sites for hydroxylation is 1. The standard InChI is InChI=1S/C12H12ClNO3/c1-7-4-11(14(16)17)10(13)5-9(7)6-12(15)8-2-3-8/h4-5,8H,2-3,6H2,1H3. The van der Waals surface area contributed by atoms with Gasteiger partial charge >= 0.3 is 0 Å². The zero-order chi connectivity index (χ0) is 12.6. The van der Waals surface area contributed by atoms with Crippen molar-refractivity contribution in [3.05, 3.63) is 38.4 Å². The molecule has 0 spiro atoms. The quantitative estimate of drug-likeness (QED) is 0.612. The van der Waals surface area contributed by atoms with Crippen LogP contribution >= 0.6 is 11.6 Å². The Morgan fingerprint density at radius 2 is 2.18 bits per heavy atom. The average molecular weight is 254 g/mol. The van der Waals surface area contributed by atoms with Crippen molar-refractivity contribution in [1.82, 2.24) is 0 Å². The molecule has 1 saturated carbocycles. The number of nitro benzene ring substituents is 1. The number of hydrogen-bond acceptors (Lipinski definition) is 3. The number of nitro groups is 1. The van der Waals surface area contributed by atoms with E-state index in [4.69, 9.17) is 11.6 Å². The van der Waals surface area contributed by atoms with E-state index in [1.165, 1.54) is 12.1 Å². The van der Waals surface area contributed by atoms with Crippen LogP contribution in [-0.2, 0) is 11.2 Å². The number of carbonyl (C=O) groups excluding carboxylic acids is 1. The van der Waals surface area contributed by atoms with Gasteiger partial charge in [0, 0.05) is 18.4 Å². The SMILES string of the molecule is Cc1cc([N+](=O)[O-])c(Cl)cc1CC(=O)C1CC1.